The lowest BCUT2D eigenvalue weighted by Crippen LogP contribution is -2.37. The highest BCUT2D eigenvalue weighted by Gasteiger charge is 2.25. The van der Waals surface area contributed by atoms with Gasteiger partial charge in [-0.05, 0) is 37.6 Å². The predicted octanol–water partition coefficient (Wildman–Crippen LogP) is 2.70. The van der Waals surface area contributed by atoms with Gasteiger partial charge in [-0.2, -0.15) is 0 Å². The lowest BCUT2D eigenvalue weighted by molar-refractivity contribution is 0.0932. The maximum absolute atomic E-state index is 12.2. The summed E-state index contributed by atoms with van der Waals surface area (Å²) < 4.78 is 0. The Labute approximate surface area is 140 Å². The van der Waals surface area contributed by atoms with Gasteiger partial charge in [0, 0.05) is 24.0 Å². The van der Waals surface area contributed by atoms with E-state index in [4.69, 9.17) is 11.6 Å². The maximum Gasteiger partial charge on any atom is 0.271 e. The standard InChI is InChI=1S/C17H19ClN4O/c18-14-6-2-1-5-13(14)16(22-9-3-4-10-22)12-21-17(23)15-11-19-7-8-20-15/h1-2,5-8,11,16H,3-4,9-10,12H2,(H,21,23)/t16-/m0/s1. The van der Waals surface area contributed by atoms with Crippen molar-refractivity contribution in [3.05, 3.63) is 59.1 Å². The zero-order chi connectivity index (χ0) is 16.1. The molecule has 2 heterocycles. The average Bonchev–Trinajstić information content (AvgIpc) is 3.11. The molecule has 6 heteroatoms. The van der Waals surface area contributed by atoms with E-state index in [9.17, 15) is 4.79 Å². The average molecular weight is 331 g/mol. The first-order valence-corrected chi connectivity index (χ1v) is 8.16. The van der Waals surface area contributed by atoms with Gasteiger partial charge in [0.15, 0.2) is 0 Å². The molecule has 0 aliphatic carbocycles. The highest BCUT2D eigenvalue weighted by atomic mass is 35.5. The Kier molecular flexibility index (Phi) is 5.20. The van der Waals surface area contributed by atoms with Gasteiger partial charge in [0.25, 0.3) is 5.91 Å². The van der Waals surface area contributed by atoms with Crippen molar-refractivity contribution in [2.45, 2.75) is 18.9 Å². The molecule has 1 saturated heterocycles. The van der Waals surface area contributed by atoms with Gasteiger partial charge < -0.3 is 5.32 Å². The number of halogens is 1. The van der Waals surface area contributed by atoms with E-state index in [1.807, 2.05) is 24.3 Å². The van der Waals surface area contributed by atoms with Crippen LogP contribution < -0.4 is 5.32 Å². The Morgan fingerprint density at radius 3 is 2.74 bits per heavy atom. The number of hydrogen-bond donors (Lipinski definition) is 1. The fourth-order valence-electron chi connectivity index (χ4n) is 2.93. The molecule has 0 bridgehead atoms. The molecular formula is C17H19ClN4O. The summed E-state index contributed by atoms with van der Waals surface area (Å²) in [5.41, 5.74) is 1.38. The van der Waals surface area contributed by atoms with Gasteiger partial charge in [-0.25, -0.2) is 4.98 Å². The summed E-state index contributed by atoms with van der Waals surface area (Å²) in [6.45, 7) is 2.55. The van der Waals surface area contributed by atoms with Crippen LogP contribution in [0.25, 0.3) is 0 Å². The van der Waals surface area contributed by atoms with Crippen LogP contribution >= 0.6 is 11.6 Å². The Balaban J connectivity index is 1.74. The van der Waals surface area contributed by atoms with Crippen molar-refractivity contribution in [1.82, 2.24) is 20.2 Å². The van der Waals surface area contributed by atoms with Crippen molar-refractivity contribution in [2.24, 2.45) is 0 Å². The van der Waals surface area contributed by atoms with Crippen molar-refractivity contribution >= 4 is 17.5 Å². The monoisotopic (exact) mass is 330 g/mol. The first-order valence-electron chi connectivity index (χ1n) is 7.78. The lowest BCUT2D eigenvalue weighted by Gasteiger charge is -2.28. The number of likely N-dealkylation sites (tertiary alicyclic amines) is 1. The molecule has 0 unspecified atom stereocenters. The highest BCUT2D eigenvalue weighted by Crippen LogP contribution is 2.29. The van der Waals surface area contributed by atoms with Gasteiger partial charge in [-0.3, -0.25) is 14.7 Å². The molecule has 1 amide bonds. The second-order valence-electron chi connectivity index (χ2n) is 5.58. The Hall–Kier alpha value is -1.98. The number of amides is 1. The first kappa shape index (κ1) is 15.9. The minimum atomic E-state index is -0.214. The molecule has 5 nitrogen and oxygen atoms in total. The zero-order valence-electron chi connectivity index (χ0n) is 12.8. The molecule has 1 atom stereocenters. The molecule has 0 spiro atoms. The van der Waals surface area contributed by atoms with Crippen LogP contribution in [0.1, 0.15) is 34.9 Å². The Morgan fingerprint density at radius 2 is 2.04 bits per heavy atom. The van der Waals surface area contributed by atoms with Crippen molar-refractivity contribution in [1.29, 1.82) is 0 Å². The van der Waals surface area contributed by atoms with E-state index in [-0.39, 0.29) is 11.9 Å². The number of carbonyl (C=O) groups excluding carboxylic acids is 1. The Bertz CT molecular complexity index is 659. The molecule has 1 fully saturated rings. The van der Waals surface area contributed by atoms with E-state index in [0.717, 1.165) is 23.7 Å². The van der Waals surface area contributed by atoms with Crippen LogP contribution in [0.4, 0.5) is 0 Å². The number of nitrogens with zero attached hydrogens (tertiary/aromatic N) is 3. The molecule has 23 heavy (non-hydrogen) atoms. The van der Waals surface area contributed by atoms with Crippen molar-refractivity contribution in [2.75, 3.05) is 19.6 Å². The topological polar surface area (TPSA) is 58.1 Å². The van der Waals surface area contributed by atoms with Gasteiger partial charge in [0.05, 0.1) is 12.2 Å². The number of aromatic nitrogens is 2. The first-order chi connectivity index (χ1) is 11.3. The fourth-order valence-corrected chi connectivity index (χ4v) is 3.19. The second kappa shape index (κ2) is 7.53. The predicted molar refractivity (Wildman–Crippen MR) is 89.4 cm³/mol. The zero-order valence-corrected chi connectivity index (χ0v) is 13.5. The van der Waals surface area contributed by atoms with Crippen LogP contribution in [-0.2, 0) is 0 Å². The summed E-state index contributed by atoms with van der Waals surface area (Å²) in [5, 5.41) is 3.69. The van der Waals surface area contributed by atoms with Gasteiger partial charge in [-0.15, -0.1) is 0 Å². The number of rotatable bonds is 5. The van der Waals surface area contributed by atoms with Crippen LogP contribution in [-0.4, -0.2) is 40.4 Å². The maximum atomic E-state index is 12.2. The summed E-state index contributed by atoms with van der Waals surface area (Å²) in [4.78, 5) is 22.5. The molecule has 2 aromatic rings. The third kappa shape index (κ3) is 3.86. The van der Waals surface area contributed by atoms with Crippen molar-refractivity contribution in [3.63, 3.8) is 0 Å². The molecular weight excluding hydrogens is 312 g/mol. The van der Waals surface area contributed by atoms with Crippen LogP contribution in [0.3, 0.4) is 0 Å². The number of nitrogens with one attached hydrogen (secondary N) is 1. The number of benzene rings is 1. The van der Waals surface area contributed by atoms with E-state index < -0.39 is 0 Å². The largest absolute Gasteiger partial charge is 0.349 e. The third-order valence-electron chi connectivity index (χ3n) is 4.10. The van der Waals surface area contributed by atoms with Crippen LogP contribution in [0.5, 0.6) is 0 Å². The van der Waals surface area contributed by atoms with E-state index in [1.54, 1.807) is 6.20 Å². The van der Waals surface area contributed by atoms with Crippen LogP contribution in [0.2, 0.25) is 5.02 Å². The van der Waals surface area contributed by atoms with Crippen molar-refractivity contribution in [3.8, 4) is 0 Å². The molecule has 1 N–H and O–H groups in total. The van der Waals surface area contributed by atoms with Gasteiger partial charge >= 0.3 is 0 Å². The fraction of sp³-hybridized carbons (Fsp3) is 0.353. The minimum Gasteiger partial charge on any atom is -0.349 e. The van der Waals surface area contributed by atoms with Gasteiger partial charge in [0.2, 0.25) is 0 Å². The van der Waals surface area contributed by atoms with Gasteiger partial charge in [-0.1, -0.05) is 29.8 Å². The second-order valence-corrected chi connectivity index (χ2v) is 5.99. The van der Waals surface area contributed by atoms with E-state index in [0.29, 0.717) is 12.2 Å². The number of carbonyl (C=O) groups is 1. The molecule has 0 saturated carbocycles. The van der Waals surface area contributed by atoms with Crippen molar-refractivity contribution < 1.29 is 4.79 Å². The molecule has 0 radical (unpaired) electrons. The minimum absolute atomic E-state index is 0.0758. The molecule has 120 valence electrons. The molecule has 3 rings (SSSR count). The van der Waals surface area contributed by atoms with E-state index in [2.05, 4.69) is 20.2 Å². The third-order valence-corrected chi connectivity index (χ3v) is 4.44. The quantitative estimate of drug-likeness (QED) is 0.915. The summed E-state index contributed by atoms with van der Waals surface area (Å²) in [5.74, 6) is -0.214. The Morgan fingerprint density at radius 1 is 1.26 bits per heavy atom. The molecule has 1 aliphatic rings. The SMILES string of the molecule is O=C(NC[C@@H](c1ccccc1Cl)N1CCCC1)c1cnccn1. The lowest BCUT2D eigenvalue weighted by atomic mass is 10.1. The summed E-state index contributed by atoms with van der Waals surface area (Å²) >= 11 is 6.37. The van der Waals surface area contributed by atoms with Gasteiger partial charge in [0.1, 0.15) is 5.69 Å². The normalized spacial score (nSPS) is 16.2. The summed E-state index contributed by atoms with van der Waals surface area (Å²) in [6, 6.07) is 7.90. The summed E-state index contributed by atoms with van der Waals surface area (Å²) in [7, 11) is 0. The smallest absolute Gasteiger partial charge is 0.271 e. The molecule has 1 aromatic carbocycles. The van der Waals surface area contributed by atoms with E-state index in [1.165, 1.54) is 25.2 Å². The number of hydrogen-bond acceptors (Lipinski definition) is 4. The van der Waals surface area contributed by atoms with Crippen LogP contribution in [0, 0.1) is 0 Å². The highest BCUT2D eigenvalue weighted by molar-refractivity contribution is 6.31. The van der Waals surface area contributed by atoms with Crippen LogP contribution in [0.15, 0.2) is 42.9 Å². The summed E-state index contributed by atoms with van der Waals surface area (Å²) in [6.07, 6.45) is 6.89. The molecule has 1 aromatic heterocycles. The van der Waals surface area contributed by atoms with E-state index >= 15 is 0 Å². The molecule has 1 aliphatic heterocycles.